The fraction of sp³-hybridized carbons (Fsp3) is 0.600. The van der Waals surface area contributed by atoms with Crippen molar-refractivity contribution in [1.82, 2.24) is 15.3 Å². The molecule has 0 N–H and O–H groups in total. The van der Waals surface area contributed by atoms with Crippen molar-refractivity contribution in [3.8, 4) is 0 Å². The van der Waals surface area contributed by atoms with E-state index in [1.807, 2.05) is 27.7 Å². The summed E-state index contributed by atoms with van der Waals surface area (Å²) in [6.45, 7) is 11.2. The summed E-state index contributed by atoms with van der Waals surface area (Å²) in [6.07, 6.45) is -0.0552. The Morgan fingerprint density at radius 2 is 1.95 bits per heavy atom. The highest BCUT2D eigenvalue weighted by Gasteiger charge is 2.27. The Morgan fingerprint density at radius 3 is 2.50 bits per heavy atom. The predicted molar refractivity (Wildman–Crippen MR) is 77.4 cm³/mol. The van der Waals surface area contributed by atoms with Crippen molar-refractivity contribution in [2.45, 2.75) is 59.5 Å². The maximum Gasteiger partial charge on any atom is 0.344 e. The SMILES string of the molecule is CCc1noc(C)c1C(=O)O[C@@H](C)c1nc(C(C)(C)C)no1. The van der Waals surface area contributed by atoms with Crippen LogP contribution >= 0.6 is 0 Å². The topological polar surface area (TPSA) is 91.2 Å². The summed E-state index contributed by atoms with van der Waals surface area (Å²) >= 11 is 0. The number of rotatable bonds is 4. The second kappa shape index (κ2) is 5.90. The van der Waals surface area contributed by atoms with Gasteiger partial charge in [0.25, 0.3) is 5.89 Å². The average molecular weight is 307 g/mol. The zero-order valence-corrected chi connectivity index (χ0v) is 13.8. The summed E-state index contributed by atoms with van der Waals surface area (Å²) in [5, 5.41) is 7.77. The average Bonchev–Trinajstić information content (AvgIpc) is 3.04. The number of hydrogen-bond acceptors (Lipinski definition) is 7. The van der Waals surface area contributed by atoms with Crippen LogP contribution in [0.15, 0.2) is 9.05 Å². The third-order valence-corrected chi connectivity index (χ3v) is 3.22. The van der Waals surface area contributed by atoms with Crippen molar-refractivity contribution in [3.63, 3.8) is 0 Å². The first-order valence-corrected chi connectivity index (χ1v) is 7.24. The molecule has 2 heterocycles. The fourth-order valence-electron chi connectivity index (χ4n) is 1.90. The van der Waals surface area contributed by atoms with Crippen LogP contribution in [0.3, 0.4) is 0 Å². The van der Waals surface area contributed by atoms with Crippen LogP contribution in [0.5, 0.6) is 0 Å². The standard InChI is InChI=1S/C15H21N3O4/c1-7-10-11(8(2)21-17-10)13(19)20-9(3)12-16-14(18-22-12)15(4,5)6/h9H,7H2,1-6H3/t9-/m0/s1. The van der Waals surface area contributed by atoms with Gasteiger partial charge in [0.1, 0.15) is 11.3 Å². The van der Waals surface area contributed by atoms with E-state index in [-0.39, 0.29) is 11.3 Å². The first-order valence-electron chi connectivity index (χ1n) is 7.24. The number of esters is 1. The summed E-state index contributed by atoms with van der Waals surface area (Å²) < 4.78 is 15.6. The number of aryl methyl sites for hydroxylation is 2. The molecule has 1 atom stereocenters. The van der Waals surface area contributed by atoms with Gasteiger partial charge in [-0.25, -0.2) is 4.79 Å². The first-order chi connectivity index (χ1) is 10.2. The number of carbonyl (C=O) groups is 1. The Morgan fingerprint density at radius 1 is 1.27 bits per heavy atom. The molecule has 0 saturated heterocycles. The molecule has 120 valence electrons. The van der Waals surface area contributed by atoms with Crippen molar-refractivity contribution in [2.75, 3.05) is 0 Å². The van der Waals surface area contributed by atoms with Crippen molar-refractivity contribution >= 4 is 5.97 Å². The monoisotopic (exact) mass is 307 g/mol. The van der Waals surface area contributed by atoms with Crippen molar-refractivity contribution in [2.24, 2.45) is 0 Å². The van der Waals surface area contributed by atoms with E-state index in [9.17, 15) is 4.79 Å². The van der Waals surface area contributed by atoms with Gasteiger partial charge < -0.3 is 13.8 Å². The fourth-order valence-corrected chi connectivity index (χ4v) is 1.90. The van der Waals surface area contributed by atoms with Gasteiger partial charge in [-0.1, -0.05) is 38.0 Å². The second-order valence-electron chi connectivity index (χ2n) is 6.17. The summed E-state index contributed by atoms with van der Waals surface area (Å²) in [4.78, 5) is 16.6. The number of ether oxygens (including phenoxy) is 1. The highest BCUT2D eigenvalue weighted by Crippen LogP contribution is 2.24. The van der Waals surface area contributed by atoms with E-state index >= 15 is 0 Å². The summed E-state index contributed by atoms with van der Waals surface area (Å²) in [5.41, 5.74) is 0.715. The lowest BCUT2D eigenvalue weighted by molar-refractivity contribution is 0.0262. The van der Waals surface area contributed by atoms with Gasteiger partial charge in [0.2, 0.25) is 0 Å². The highest BCUT2D eigenvalue weighted by atomic mass is 16.6. The van der Waals surface area contributed by atoms with E-state index in [2.05, 4.69) is 15.3 Å². The number of hydrogen-bond donors (Lipinski definition) is 0. The molecule has 0 aliphatic rings. The minimum Gasteiger partial charge on any atom is -0.449 e. The Hall–Kier alpha value is -2.18. The molecule has 7 nitrogen and oxygen atoms in total. The van der Waals surface area contributed by atoms with E-state index in [1.54, 1.807) is 13.8 Å². The minimum atomic E-state index is -0.643. The Bertz CT molecular complexity index is 667. The molecule has 0 spiro atoms. The largest absolute Gasteiger partial charge is 0.449 e. The predicted octanol–water partition coefficient (Wildman–Crippen LogP) is 3.14. The van der Waals surface area contributed by atoms with Crippen LogP contribution in [0, 0.1) is 6.92 Å². The number of aromatic nitrogens is 3. The molecule has 0 aliphatic heterocycles. The molecule has 0 saturated carbocycles. The molecule has 2 aromatic heterocycles. The van der Waals surface area contributed by atoms with Gasteiger partial charge >= 0.3 is 5.97 Å². The number of carbonyl (C=O) groups excluding carboxylic acids is 1. The molecule has 0 bridgehead atoms. The lowest BCUT2D eigenvalue weighted by atomic mass is 9.96. The summed E-state index contributed by atoms with van der Waals surface area (Å²) in [6, 6.07) is 0. The lowest BCUT2D eigenvalue weighted by Gasteiger charge is -2.11. The van der Waals surface area contributed by atoms with E-state index in [0.717, 1.165) is 0 Å². The summed E-state index contributed by atoms with van der Waals surface area (Å²) in [5.74, 6) is 0.778. The second-order valence-corrected chi connectivity index (χ2v) is 6.17. The van der Waals surface area contributed by atoms with Crippen molar-refractivity contribution in [1.29, 1.82) is 0 Å². The molecule has 0 amide bonds. The Balaban J connectivity index is 2.15. The van der Waals surface area contributed by atoms with E-state index in [4.69, 9.17) is 13.8 Å². The molecule has 0 unspecified atom stereocenters. The van der Waals surface area contributed by atoms with E-state index < -0.39 is 12.1 Å². The third-order valence-electron chi connectivity index (χ3n) is 3.22. The molecule has 22 heavy (non-hydrogen) atoms. The van der Waals surface area contributed by atoms with E-state index in [1.165, 1.54) is 0 Å². The molecule has 2 rings (SSSR count). The summed E-state index contributed by atoms with van der Waals surface area (Å²) in [7, 11) is 0. The normalized spacial score (nSPS) is 13.2. The van der Waals surface area contributed by atoms with Gasteiger partial charge in [-0.2, -0.15) is 4.98 Å². The van der Waals surface area contributed by atoms with Crippen LogP contribution in [-0.4, -0.2) is 21.3 Å². The quantitative estimate of drug-likeness (QED) is 0.801. The van der Waals surface area contributed by atoms with Crippen LogP contribution < -0.4 is 0 Å². The lowest BCUT2D eigenvalue weighted by Crippen LogP contribution is -2.14. The molecule has 0 fully saturated rings. The molecular formula is C15H21N3O4. The van der Waals surface area contributed by atoms with Gasteiger partial charge in [0.15, 0.2) is 11.9 Å². The van der Waals surface area contributed by atoms with Crippen LogP contribution in [0.1, 0.15) is 74.2 Å². The smallest absolute Gasteiger partial charge is 0.344 e. The Labute approximate surface area is 129 Å². The van der Waals surface area contributed by atoms with Crippen LogP contribution in [0.4, 0.5) is 0 Å². The molecule has 7 heteroatoms. The van der Waals surface area contributed by atoms with Gasteiger partial charge in [0, 0.05) is 5.41 Å². The molecule has 2 aromatic rings. The highest BCUT2D eigenvalue weighted by molar-refractivity contribution is 5.91. The van der Waals surface area contributed by atoms with Crippen LogP contribution in [-0.2, 0) is 16.6 Å². The maximum absolute atomic E-state index is 12.3. The molecule has 0 aliphatic carbocycles. The van der Waals surface area contributed by atoms with Crippen LogP contribution in [0.25, 0.3) is 0 Å². The molecule has 0 radical (unpaired) electrons. The first kappa shape index (κ1) is 16.2. The van der Waals surface area contributed by atoms with Gasteiger partial charge in [-0.15, -0.1) is 0 Å². The van der Waals surface area contributed by atoms with Crippen LogP contribution in [0.2, 0.25) is 0 Å². The number of nitrogens with zero attached hydrogens (tertiary/aromatic N) is 3. The van der Waals surface area contributed by atoms with Crippen molar-refractivity contribution in [3.05, 3.63) is 28.7 Å². The van der Waals surface area contributed by atoms with Gasteiger partial charge in [0.05, 0.1) is 5.69 Å². The third kappa shape index (κ3) is 3.18. The van der Waals surface area contributed by atoms with E-state index in [0.29, 0.717) is 29.3 Å². The molecular weight excluding hydrogens is 286 g/mol. The van der Waals surface area contributed by atoms with Gasteiger partial charge in [-0.3, -0.25) is 0 Å². The zero-order valence-electron chi connectivity index (χ0n) is 13.8. The Kier molecular flexibility index (Phi) is 4.35. The van der Waals surface area contributed by atoms with Crippen molar-refractivity contribution < 1.29 is 18.6 Å². The zero-order chi connectivity index (χ0) is 16.5. The van der Waals surface area contributed by atoms with Gasteiger partial charge in [-0.05, 0) is 20.3 Å². The minimum absolute atomic E-state index is 0.230. The maximum atomic E-state index is 12.3. The molecule has 0 aromatic carbocycles.